The Morgan fingerprint density at radius 1 is 1.24 bits per heavy atom. The van der Waals surface area contributed by atoms with Gasteiger partial charge in [-0.25, -0.2) is 4.39 Å². The summed E-state index contributed by atoms with van der Waals surface area (Å²) in [7, 11) is 0. The number of aliphatic hydroxyl groups is 1. The minimum atomic E-state index is -0.511. The molecule has 0 aliphatic carbocycles. The summed E-state index contributed by atoms with van der Waals surface area (Å²) in [6, 6.07) is 6.55. The second kappa shape index (κ2) is 6.72. The van der Waals surface area contributed by atoms with Crippen molar-refractivity contribution < 1.29 is 9.50 Å². The minimum absolute atomic E-state index is 0.265. The summed E-state index contributed by atoms with van der Waals surface area (Å²) in [5.74, 6) is -0.265. The molecule has 1 N–H and O–H groups in total. The molecular formula is C14H22FNO. The van der Waals surface area contributed by atoms with E-state index >= 15 is 0 Å². The molecule has 0 saturated heterocycles. The summed E-state index contributed by atoms with van der Waals surface area (Å²) in [6.45, 7) is 8.24. The Morgan fingerprint density at radius 3 is 2.29 bits per heavy atom. The van der Waals surface area contributed by atoms with E-state index in [-0.39, 0.29) is 5.82 Å². The molecule has 0 heterocycles. The third kappa shape index (κ3) is 4.44. The van der Waals surface area contributed by atoms with Gasteiger partial charge in [-0.15, -0.1) is 0 Å². The molecule has 17 heavy (non-hydrogen) atoms. The van der Waals surface area contributed by atoms with Gasteiger partial charge in [-0.3, -0.25) is 0 Å². The maximum Gasteiger partial charge on any atom is 0.123 e. The molecule has 96 valence electrons. The number of nitrogens with zero attached hydrogens (tertiary/aromatic N) is 1. The largest absolute Gasteiger partial charge is 0.388 e. The Hall–Kier alpha value is -0.930. The maximum absolute atomic E-state index is 12.7. The quantitative estimate of drug-likeness (QED) is 0.825. The molecule has 2 nitrogen and oxygen atoms in total. The number of benzene rings is 1. The average Bonchev–Trinajstić information content (AvgIpc) is 2.30. The van der Waals surface area contributed by atoms with E-state index in [4.69, 9.17) is 0 Å². The molecule has 1 unspecified atom stereocenters. The summed E-state index contributed by atoms with van der Waals surface area (Å²) in [4.78, 5) is 2.30. The lowest BCUT2D eigenvalue weighted by molar-refractivity contribution is 0.133. The van der Waals surface area contributed by atoms with E-state index in [0.29, 0.717) is 12.5 Å². The minimum Gasteiger partial charge on any atom is -0.388 e. The highest BCUT2D eigenvalue weighted by molar-refractivity contribution is 5.18. The summed E-state index contributed by atoms with van der Waals surface area (Å²) in [5.41, 5.74) is 0.784. The predicted molar refractivity (Wildman–Crippen MR) is 68.4 cm³/mol. The van der Waals surface area contributed by atoms with Crippen LogP contribution in [-0.2, 0) is 0 Å². The van der Waals surface area contributed by atoms with Gasteiger partial charge >= 0.3 is 0 Å². The van der Waals surface area contributed by atoms with Gasteiger partial charge in [0.1, 0.15) is 5.82 Å². The third-order valence-electron chi connectivity index (χ3n) is 3.08. The van der Waals surface area contributed by atoms with Crippen molar-refractivity contribution in [3.05, 3.63) is 35.6 Å². The van der Waals surface area contributed by atoms with Crippen LogP contribution in [0, 0.1) is 5.82 Å². The Labute approximate surface area is 103 Å². The maximum atomic E-state index is 12.7. The number of halogens is 1. The molecule has 0 aliphatic heterocycles. The number of hydrogen-bond donors (Lipinski definition) is 1. The van der Waals surface area contributed by atoms with E-state index in [1.165, 1.54) is 12.1 Å². The van der Waals surface area contributed by atoms with Gasteiger partial charge in [0, 0.05) is 12.6 Å². The van der Waals surface area contributed by atoms with Crippen LogP contribution in [-0.4, -0.2) is 29.1 Å². The average molecular weight is 239 g/mol. The molecule has 0 bridgehead atoms. The number of hydrogen-bond acceptors (Lipinski definition) is 2. The summed E-state index contributed by atoms with van der Waals surface area (Å²) in [6.07, 6.45) is 0.167. The highest BCUT2D eigenvalue weighted by Crippen LogP contribution is 2.17. The van der Waals surface area contributed by atoms with Crippen LogP contribution >= 0.6 is 0 Å². The molecule has 0 aromatic heterocycles. The van der Waals surface area contributed by atoms with Gasteiger partial charge in [-0.05, 0) is 44.5 Å². The van der Waals surface area contributed by atoms with E-state index < -0.39 is 6.10 Å². The molecule has 0 spiro atoms. The molecule has 0 amide bonds. The zero-order valence-corrected chi connectivity index (χ0v) is 10.9. The van der Waals surface area contributed by atoms with Crippen molar-refractivity contribution in [2.24, 2.45) is 0 Å². The van der Waals surface area contributed by atoms with Crippen LogP contribution in [0.15, 0.2) is 24.3 Å². The molecule has 1 atom stereocenters. The molecule has 0 radical (unpaired) electrons. The molecule has 1 rings (SSSR count). The topological polar surface area (TPSA) is 23.5 Å². The van der Waals surface area contributed by atoms with Crippen molar-refractivity contribution in [2.45, 2.75) is 39.3 Å². The molecule has 1 aromatic carbocycles. The summed E-state index contributed by atoms with van der Waals surface area (Å²) in [5, 5.41) is 9.99. The van der Waals surface area contributed by atoms with Crippen LogP contribution in [0.2, 0.25) is 0 Å². The fourth-order valence-corrected chi connectivity index (χ4v) is 1.92. The molecular weight excluding hydrogens is 217 g/mol. The zero-order valence-electron chi connectivity index (χ0n) is 10.9. The zero-order chi connectivity index (χ0) is 12.8. The number of rotatable bonds is 6. The van der Waals surface area contributed by atoms with Crippen LogP contribution in [0.3, 0.4) is 0 Å². The van der Waals surface area contributed by atoms with Crippen LogP contribution in [0.5, 0.6) is 0 Å². The van der Waals surface area contributed by atoms with Gasteiger partial charge in [0.15, 0.2) is 0 Å². The van der Waals surface area contributed by atoms with Gasteiger partial charge in [-0.2, -0.15) is 0 Å². The van der Waals surface area contributed by atoms with Crippen LogP contribution in [0.4, 0.5) is 4.39 Å². The SMILES string of the molecule is CCN(CCC(O)c1ccc(F)cc1)C(C)C. The lowest BCUT2D eigenvalue weighted by Crippen LogP contribution is -2.32. The summed E-state index contributed by atoms with van der Waals surface area (Å²) < 4.78 is 12.7. The molecule has 3 heteroatoms. The van der Waals surface area contributed by atoms with Crippen molar-refractivity contribution in [3.63, 3.8) is 0 Å². The molecule has 0 aliphatic rings. The van der Waals surface area contributed by atoms with E-state index in [2.05, 4.69) is 25.7 Å². The Bertz CT molecular complexity index is 323. The van der Waals surface area contributed by atoms with Crippen molar-refractivity contribution in [3.8, 4) is 0 Å². The van der Waals surface area contributed by atoms with E-state index in [1.807, 2.05) is 0 Å². The van der Waals surface area contributed by atoms with Crippen LogP contribution in [0.25, 0.3) is 0 Å². The van der Waals surface area contributed by atoms with Gasteiger partial charge in [0.2, 0.25) is 0 Å². The molecule has 0 fully saturated rings. The molecule has 0 saturated carbocycles. The first kappa shape index (κ1) is 14.1. The number of aliphatic hydroxyl groups excluding tert-OH is 1. The molecule has 1 aromatic rings. The van der Waals surface area contributed by atoms with Gasteiger partial charge in [0.05, 0.1) is 6.10 Å². The van der Waals surface area contributed by atoms with Crippen molar-refractivity contribution in [2.75, 3.05) is 13.1 Å². The van der Waals surface area contributed by atoms with E-state index in [0.717, 1.165) is 18.7 Å². The standard InChI is InChI=1S/C14H22FNO/c1-4-16(11(2)3)10-9-14(17)12-5-7-13(15)8-6-12/h5-8,11,14,17H,4,9-10H2,1-3H3. The van der Waals surface area contributed by atoms with Gasteiger partial charge in [0.25, 0.3) is 0 Å². The predicted octanol–water partition coefficient (Wildman–Crippen LogP) is 2.98. The highest BCUT2D eigenvalue weighted by Gasteiger charge is 2.12. The fraction of sp³-hybridized carbons (Fsp3) is 0.571. The Balaban J connectivity index is 2.49. The first-order valence-electron chi connectivity index (χ1n) is 6.22. The van der Waals surface area contributed by atoms with Gasteiger partial charge < -0.3 is 10.0 Å². The monoisotopic (exact) mass is 239 g/mol. The first-order chi connectivity index (χ1) is 8.04. The third-order valence-corrected chi connectivity index (χ3v) is 3.08. The lowest BCUT2D eigenvalue weighted by Gasteiger charge is -2.25. The Morgan fingerprint density at radius 2 is 1.82 bits per heavy atom. The highest BCUT2D eigenvalue weighted by atomic mass is 19.1. The van der Waals surface area contributed by atoms with Crippen LogP contribution < -0.4 is 0 Å². The van der Waals surface area contributed by atoms with Gasteiger partial charge in [-0.1, -0.05) is 19.1 Å². The Kier molecular flexibility index (Phi) is 5.59. The van der Waals surface area contributed by atoms with Crippen molar-refractivity contribution in [1.82, 2.24) is 4.90 Å². The first-order valence-corrected chi connectivity index (χ1v) is 6.22. The van der Waals surface area contributed by atoms with Crippen molar-refractivity contribution in [1.29, 1.82) is 0 Å². The second-order valence-electron chi connectivity index (χ2n) is 4.58. The lowest BCUT2D eigenvalue weighted by atomic mass is 10.1. The fourth-order valence-electron chi connectivity index (χ4n) is 1.92. The summed E-state index contributed by atoms with van der Waals surface area (Å²) >= 11 is 0. The van der Waals surface area contributed by atoms with E-state index in [9.17, 15) is 9.50 Å². The van der Waals surface area contributed by atoms with Crippen LogP contribution in [0.1, 0.15) is 38.9 Å². The van der Waals surface area contributed by atoms with E-state index in [1.54, 1.807) is 12.1 Å². The second-order valence-corrected chi connectivity index (χ2v) is 4.58. The van der Waals surface area contributed by atoms with Crippen molar-refractivity contribution >= 4 is 0 Å². The normalized spacial score (nSPS) is 13.4. The smallest absolute Gasteiger partial charge is 0.123 e.